The Balaban J connectivity index is 1.93. The van der Waals surface area contributed by atoms with Crippen molar-refractivity contribution in [2.24, 2.45) is 11.7 Å². The highest BCUT2D eigenvalue weighted by atomic mass is 16.1. The zero-order valence-electron chi connectivity index (χ0n) is 10.9. The summed E-state index contributed by atoms with van der Waals surface area (Å²) in [6.45, 7) is 0. The summed E-state index contributed by atoms with van der Waals surface area (Å²) in [7, 11) is 0. The third kappa shape index (κ3) is 2.38. The van der Waals surface area contributed by atoms with Gasteiger partial charge in [0, 0.05) is 35.3 Å². The van der Waals surface area contributed by atoms with Gasteiger partial charge in [-0.25, -0.2) is 0 Å². The second-order valence-electron chi connectivity index (χ2n) is 5.38. The van der Waals surface area contributed by atoms with Crippen LogP contribution < -0.4 is 5.73 Å². The number of ketones is 1. The number of nitrogens with two attached hydrogens (primary N) is 1. The Bertz CT molecular complexity index is 595. The predicted octanol–water partition coefficient (Wildman–Crippen LogP) is 2.94. The van der Waals surface area contributed by atoms with Crippen LogP contribution in [0.5, 0.6) is 0 Å². The van der Waals surface area contributed by atoms with E-state index in [9.17, 15) is 4.79 Å². The van der Waals surface area contributed by atoms with Gasteiger partial charge in [0.25, 0.3) is 0 Å². The number of benzene rings is 1. The summed E-state index contributed by atoms with van der Waals surface area (Å²) in [5.74, 6) is 0.405. The standard InChI is InChI=1S/C16H18N2O/c17-13-6-4-11(5-7-13)16(19)15-3-1-2-12-10-18-9-8-14(12)15/h1-3,8-11,13H,4-7,17H2. The quantitative estimate of drug-likeness (QED) is 0.838. The third-order valence-corrected chi connectivity index (χ3v) is 4.09. The molecule has 0 spiro atoms. The van der Waals surface area contributed by atoms with E-state index in [1.807, 2.05) is 30.5 Å². The third-order valence-electron chi connectivity index (χ3n) is 4.09. The molecule has 2 aromatic rings. The fourth-order valence-electron chi connectivity index (χ4n) is 2.94. The molecule has 1 saturated carbocycles. The lowest BCUT2D eigenvalue weighted by Gasteiger charge is -2.25. The predicted molar refractivity (Wildman–Crippen MR) is 76.0 cm³/mol. The lowest BCUT2D eigenvalue weighted by atomic mass is 9.81. The molecule has 0 radical (unpaired) electrons. The van der Waals surface area contributed by atoms with Crippen LogP contribution in [0.1, 0.15) is 36.0 Å². The topological polar surface area (TPSA) is 56.0 Å². The maximum absolute atomic E-state index is 12.7. The van der Waals surface area contributed by atoms with Gasteiger partial charge in [-0.15, -0.1) is 0 Å². The molecule has 0 saturated heterocycles. The van der Waals surface area contributed by atoms with Crippen LogP contribution in [0.25, 0.3) is 10.8 Å². The van der Waals surface area contributed by atoms with E-state index in [2.05, 4.69) is 4.98 Å². The number of carbonyl (C=O) groups is 1. The molecule has 0 unspecified atom stereocenters. The molecule has 2 N–H and O–H groups in total. The highest BCUT2D eigenvalue weighted by Gasteiger charge is 2.26. The van der Waals surface area contributed by atoms with Gasteiger partial charge in [-0.2, -0.15) is 0 Å². The van der Waals surface area contributed by atoms with Gasteiger partial charge in [0.1, 0.15) is 0 Å². The molecule has 0 bridgehead atoms. The number of hydrogen-bond acceptors (Lipinski definition) is 3. The average molecular weight is 254 g/mol. The highest BCUT2D eigenvalue weighted by Crippen LogP contribution is 2.29. The molecule has 1 aliphatic rings. The summed E-state index contributed by atoms with van der Waals surface area (Å²) in [5, 5.41) is 2.04. The van der Waals surface area contributed by atoms with Crippen LogP contribution in [-0.2, 0) is 0 Å². The molecule has 19 heavy (non-hydrogen) atoms. The summed E-state index contributed by atoms with van der Waals surface area (Å²) in [5.41, 5.74) is 6.74. The molecular formula is C16H18N2O. The first kappa shape index (κ1) is 12.3. The van der Waals surface area contributed by atoms with Crippen molar-refractivity contribution >= 4 is 16.6 Å². The van der Waals surface area contributed by atoms with Crippen LogP contribution in [0.2, 0.25) is 0 Å². The van der Waals surface area contributed by atoms with E-state index in [-0.39, 0.29) is 17.7 Å². The Labute approximate surface area is 112 Å². The fourth-order valence-corrected chi connectivity index (χ4v) is 2.94. The molecule has 98 valence electrons. The SMILES string of the molecule is NC1CCC(C(=O)c2cccc3cnccc23)CC1. The monoisotopic (exact) mass is 254 g/mol. The van der Waals surface area contributed by atoms with E-state index in [1.54, 1.807) is 6.20 Å². The van der Waals surface area contributed by atoms with Gasteiger partial charge in [-0.1, -0.05) is 18.2 Å². The van der Waals surface area contributed by atoms with Gasteiger partial charge in [0.15, 0.2) is 5.78 Å². The van der Waals surface area contributed by atoms with Gasteiger partial charge in [-0.3, -0.25) is 9.78 Å². The number of aromatic nitrogens is 1. The number of nitrogens with zero attached hydrogens (tertiary/aromatic N) is 1. The zero-order valence-corrected chi connectivity index (χ0v) is 10.9. The van der Waals surface area contributed by atoms with Crippen LogP contribution in [-0.4, -0.2) is 16.8 Å². The first-order valence-electron chi connectivity index (χ1n) is 6.88. The van der Waals surface area contributed by atoms with Crippen molar-refractivity contribution in [1.82, 2.24) is 4.98 Å². The molecule has 1 fully saturated rings. The minimum atomic E-state index is 0.138. The summed E-state index contributed by atoms with van der Waals surface area (Å²) < 4.78 is 0. The molecule has 1 aromatic heterocycles. The van der Waals surface area contributed by atoms with E-state index in [0.29, 0.717) is 0 Å². The van der Waals surface area contributed by atoms with Gasteiger partial charge in [0.05, 0.1) is 0 Å². The molecule has 1 aromatic carbocycles. The van der Waals surface area contributed by atoms with Crippen molar-refractivity contribution in [2.45, 2.75) is 31.7 Å². The second-order valence-corrected chi connectivity index (χ2v) is 5.38. The number of Topliss-reactive ketones (excluding diaryl/α,β-unsaturated/α-hetero) is 1. The number of pyridine rings is 1. The van der Waals surface area contributed by atoms with Crippen LogP contribution in [0.4, 0.5) is 0 Å². The first-order valence-corrected chi connectivity index (χ1v) is 6.88. The Hall–Kier alpha value is -1.74. The molecule has 1 heterocycles. The van der Waals surface area contributed by atoms with Gasteiger partial charge < -0.3 is 5.73 Å². The lowest BCUT2D eigenvalue weighted by Crippen LogP contribution is -2.29. The Morgan fingerprint density at radius 1 is 1.16 bits per heavy atom. The molecule has 3 heteroatoms. The van der Waals surface area contributed by atoms with E-state index in [1.165, 1.54) is 0 Å². The molecule has 0 amide bonds. The van der Waals surface area contributed by atoms with Crippen LogP contribution in [0.3, 0.4) is 0 Å². The minimum Gasteiger partial charge on any atom is -0.328 e. The molecule has 0 aliphatic heterocycles. The number of rotatable bonds is 2. The van der Waals surface area contributed by atoms with Crippen molar-refractivity contribution in [1.29, 1.82) is 0 Å². The maximum Gasteiger partial charge on any atom is 0.166 e. The summed E-state index contributed by atoms with van der Waals surface area (Å²) in [4.78, 5) is 16.8. The van der Waals surface area contributed by atoms with Gasteiger partial charge in [0.2, 0.25) is 0 Å². The fraction of sp³-hybridized carbons (Fsp3) is 0.375. The van der Waals surface area contributed by atoms with Crippen molar-refractivity contribution < 1.29 is 4.79 Å². The van der Waals surface area contributed by atoms with Crippen LogP contribution >= 0.6 is 0 Å². The number of carbonyl (C=O) groups excluding carboxylic acids is 1. The lowest BCUT2D eigenvalue weighted by molar-refractivity contribution is 0.0886. The molecular weight excluding hydrogens is 236 g/mol. The van der Waals surface area contributed by atoms with E-state index < -0.39 is 0 Å². The largest absolute Gasteiger partial charge is 0.328 e. The Kier molecular flexibility index (Phi) is 3.30. The van der Waals surface area contributed by atoms with Crippen molar-refractivity contribution in [3.05, 3.63) is 42.2 Å². The molecule has 3 nitrogen and oxygen atoms in total. The highest BCUT2D eigenvalue weighted by molar-refractivity contribution is 6.08. The van der Waals surface area contributed by atoms with Crippen LogP contribution in [0, 0.1) is 5.92 Å². The average Bonchev–Trinajstić information content (AvgIpc) is 2.47. The number of hydrogen-bond donors (Lipinski definition) is 1. The minimum absolute atomic E-state index is 0.138. The molecule has 1 aliphatic carbocycles. The summed E-state index contributed by atoms with van der Waals surface area (Å²) in [6, 6.07) is 8.07. The van der Waals surface area contributed by atoms with Gasteiger partial charge in [-0.05, 0) is 37.1 Å². The summed E-state index contributed by atoms with van der Waals surface area (Å²) in [6.07, 6.45) is 7.31. The Morgan fingerprint density at radius 3 is 2.74 bits per heavy atom. The van der Waals surface area contributed by atoms with E-state index >= 15 is 0 Å². The molecule has 0 atom stereocenters. The van der Waals surface area contributed by atoms with Crippen molar-refractivity contribution in [3.63, 3.8) is 0 Å². The van der Waals surface area contributed by atoms with Gasteiger partial charge >= 0.3 is 0 Å². The second kappa shape index (κ2) is 5.10. The smallest absolute Gasteiger partial charge is 0.166 e. The first-order chi connectivity index (χ1) is 9.25. The normalized spacial score (nSPS) is 23.4. The van der Waals surface area contributed by atoms with Crippen molar-refractivity contribution in [3.8, 4) is 0 Å². The van der Waals surface area contributed by atoms with E-state index in [0.717, 1.165) is 42.0 Å². The Morgan fingerprint density at radius 2 is 1.95 bits per heavy atom. The number of fused-ring (bicyclic) bond motifs is 1. The zero-order chi connectivity index (χ0) is 13.2. The molecule has 3 rings (SSSR count). The van der Waals surface area contributed by atoms with E-state index in [4.69, 9.17) is 5.73 Å². The van der Waals surface area contributed by atoms with Crippen LogP contribution in [0.15, 0.2) is 36.7 Å². The summed E-state index contributed by atoms with van der Waals surface area (Å²) >= 11 is 0. The maximum atomic E-state index is 12.7. The van der Waals surface area contributed by atoms with Crippen molar-refractivity contribution in [2.75, 3.05) is 0 Å².